The van der Waals surface area contributed by atoms with Gasteiger partial charge < -0.3 is 10.2 Å². The smallest absolute Gasteiger partial charge is 0.258 e. The first-order valence-corrected chi connectivity index (χ1v) is 11.8. The lowest BCUT2D eigenvalue weighted by Crippen LogP contribution is -2.31. The van der Waals surface area contributed by atoms with Gasteiger partial charge in [-0.05, 0) is 77.9 Å². The molecule has 4 aromatic rings. The van der Waals surface area contributed by atoms with E-state index in [-0.39, 0.29) is 11.8 Å². The molecule has 33 heavy (non-hydrogen) atoms. The van der Waals surface area contributed by atoms with E-state index in [1.807, 2.05) is 73.3 Å². The molecule has 0 saturated heterocycles. The second-order valence-electron chi connectivity index (χ2n) is 8.36. The molecule has 0 unspecified atom stereocenters. The summed E-state index contributed by atoms with van der Waals surface area (Å²) in [5.41, 5.74) is 7.02. The largest absolute Gasteiger partial charge is 0.322 e. The zero-order valence-electron chi connectivity index (χ0n) is 18.6. The molecule has 1 aliphatic rings. The Balaban J connectivity index is 1.43. The summed E-state index contributed by atoms with van der Waals surface area (Å²) in [6.07, 6.45) is 0.843. The van der Waals surface area contributed by atoms with Crippen molar-refractivity contribution < 1.29 is 9.59 Å². The summed E-state index contributed by atoms with van der Waals surface area (Å²) in [5.74, 6) is -0.186. The Morgan fingerprint density at radius 1 is 0.848 bits per heavy atom. The van der Waals surface area contributed by atoms with Crippen LogP contribution in [0.2, 0.25) is 0 Å². The number of fused-ring (bicyclic) bond motifs is 2. The Kier molecular flexibility index (Phi) is 5.56. The predicted molar refractivity (Wildman–Crippen MR) is 134 cm³/mol. The normalized spacial score (nSPS) is 12.5. The van der Waals surface area contributed by atoms with Gasteiger partial charge in [0.05, 0.1) is 6.54 Å². The van der Waals surface area contributed by atoms with Crippen molar-refractivity contribution in [2.75, 3.05) is 10.2 Å². The first-order valence-electron chi connectivity index (χ1n) is 10.9. The van der Waals surface area contributed by atoms with Crippen molar-refractivity contribution in [2.45, 2.75) is 26.8 Å². The highest BCUT2D eigenvalue weighted by molar-refractivity contribution is 7.10. The maximum atomic E-state index is 13.7. The maximum Gasteiger partial charge on any atom is 0.258 e. The number of hydrogen-bond acceptors (Lipinski definition) is 3. The van der Waals surface area contributed by atoms with Crippen molar-refractivity contribution in [3.63, 3.8) is 0 Å². The molecule has 164 valence electrons. The fourth-order valence-corrected chi connectivity index (χ4v) is 5.27. The van der Waals surface area contributed by atoms with Crippen LogP contribution < -0.4 is 10.2 Å². The van der Waals surface area contributed by atoms with Gasteiger partial charge in [0.1, 0.15) is 0 Å². The van der Waals surface area contributed by atoms with Gasteiger partial charge in [0.25, 0.3) is 11.8 Å². The number of aryl methyl sites for hydroxylation is 2. The average Bonchev–Trinajstić information content (AvgIpc) is 3.18. The number of thiophene rings is 1. The summed E-state index contributed by atoms with van der Waals surface area (Å²) in [6.45, 7) is 4.39. The number of nitrogens with zero attached hydrogens (tertiary/aromatic N) is 1. The number of hydrogen-bond donors (Lipinski definition) is 1. The number of benzene rings is 3. The molecule has 3 aromatic carbocycles. The van der Waals surface area contributed by atoms with E-state index in [1.165, 1.54) is 10.4 Å². The molecule has 2 heterocycles. The third-order valence-electron chi connectivity index (χ3n) is 6.15. The highest BCUT2D eigenvalue weighted by Gasteiger charge is 2.26. The zero-order valence-corrected chi connectivity index (χ0v) is 19.4. The number of rotatable bonds is 3. The minimum Gasteiger partial charge on any atom is -0.322 e. The second kappa shape index (κ2) is 8.68. The summed E-state index contributed by atoms with van der Waals surface area (Å²) in [4.78, 5) is 29.6. The summed E-state index contributed by atoms with van der Waals surface area (Å²) >= 11 is 1.74. The molecule has 0 aliphatic carbocycles. The van der Waals surface area contributed by atoms with Crippen LogP contribution in [0.1, 0.15) is 47.8 Å². The lowest BCUT2D eigenvalue weighted by Gasteiger charge is -2.24. The Labute approximate surface area is 197 Å². The van der Waals surface area contributed by atoms with Gasteiger partial charge in [-0.3, -0.25) is 9.59 Å². The molecule has 1 aliphatic heterocycles. The number of carbonyl (C=O) groups is 2. The highest BCUT2D eigenvalue weighted by atomic mass is 32.1. The quantitative estimate of drug-likeness (QED) is 0.393. The van der Waals surface area contributed by atoms with Crippen LogP contribution >= 0.6 is 11.3 Å². The van der Waals surface area contributed by atoms with Crippen LogP contribution in [0.3, 0.4) is 0 Å². The molecule has 0 saturated carbocycles. The van der Waals surface area contributed by atoms with Crippen molar-refractivity contribution >= 4 is 34.5 Å². The lowest BCUT2D eigenvalue weighted by molar-refractivity contribution is 0.0983. The first-order chi connectivity index (χ1) is 16.0. The fourth-order valence-electron chi connectivity index (χ4n) is 4.35. The monoisotopic (exact) mass is 452 g/mol. The number of anilines is 2. The van der Waals surface area contributed by atoms with Crippen LogP contribution in [0.4, 0.5) is 11.4 Å². The van der Waals surface area contributed by atoms with E-state index in [4.69, 9.17) is 0 Å². The Hall–Kier alpha value is -3.70. The standard InChI is InChI=1S/C28H24N2O2S/c1-18-7-3-5-9-23(18)27(31)29-22-11-12-24(19(2)15-22)28(32)30-17-21-13-14-33-26(21)16-20-8-4-6-10-25(20)30/h3-15H,16-17H2,1-2H3,(H,29,31). The van der Waals surface area contributed by atoms with Crippen molar-refractivity contribution in [3.05, 3.63) is 116 Å². The van der Waals surface area contributed by atoms with Crippen LogP contribution in [0.15, 0.2) is 78.2 Å². The number of carbonyl (C=O) groups excluding carboxylic acids is 2. The molecule has 0 radical (unpaired) electrons. The second-order valence-corrected chi connectivity index (χ2v) is 9.37. The Morgan fingerprint density at radius 2 is 1.64 bits per heavy atom. The van der Waals surface area contributed by atoms with E-state index < -0.39 is 0 Å². The van der Waals surface area contributed by atoms with Crippen molar-refractivity contribution in [3.8, 4) is 0 Å². The molecule has 2 amide bonds. The minimum absolute atomic E-state index is 0.0317. The third kappa shape index (κ3) is 4.08. The van der Waals surface area contributed by atoms with Gasteiger partial charge in [0.15, 0.2) is 0 Å². The molecule has 5 heteroatoms. The van der Waals surface area contributed by atoms with Gasteiger partial charge in [0, 0.05) is 33.8 Å². The average molecular weight is 453 g/mol. The van der Waals surface area contributed by atoms with Gasteiger partial charge in [0.2, 0.25) is 0 Å². The number of para-hydroxylation sites is 1. The van der Waals surface area contributed by atoms with Crippen molar-refractivity contribution in [2.24, 2.45) is 0 Å². The zero-order chi connectivity index (χ0) is 22.9. The maximum absolute atomic E-state index is 13.7. The van der Waals surface area contributed by atoms with Gasteiger partial charge >= 0.3 is 0 Å². The number of nitrogens with one attached hydrogen (secondary N) is 1. The molecular formula is C28H24N2O2S. The third-order valence-corrected chi connectivity index (χ3v) is 7.11. The first kappa shape index (κ1) is 21.2. The van der Waals surface area contributed by atoms with E-state index in [9.17, 15) is 9.59 Å². The summed E-state index contributed by atoms with van der Waals surface area (Å²) in [5, 5.41) is 5.05. The predicted octanol–water partition coefficient (Wildman–Crippen LogP) is 6.37. The highest BCUT2D eigenvalue weighted by Crippen LogP contribution is 2.34. The molecule has 0 atom stereocenters. The summed E-state index contributed by atoms with van der Waals surface area (Å²) < 4.78 is 0. The molecule has 0 bridgehead atoms. The van der Waals surface area contributed by atoms with Gasteiger partial charge in [-0.2, -0.15) is 0 Å². The fraction of sp³-hybridized carbons (Fsp3) is 0.143. The van der Waals surface area contributed by atoms with Crippen molar-refractivity contribution in [1.82, 2.24) is 0 Å². The Bertz CT molecular complexity index is 1370. The number of amides is 2. The topological polar surface area (TPSA) is 49.4 Å². The molecule has 4 nitrogen and oxygen atoms in total. The molecule has 0 fully saturated rings. The molecule has 5 rings (SSSR count). The van der Waals surface area contributed by atoms with Gasteiger partial charge in [-0.1, -0.05) is 36.4 Å². The minimum atomic E-state index is -0.155. The van der Waals surface area contributed by atoms with Gasteiger partial charge in [-0.15, -0.1) is 11.3 Å². The van der Waals surface area contributed by atoms with Gasteiger partial charge in [-0.25, -0.2) is 0 Å². The van der Waals surface area contributed by atoms with Crippen LogP contribution in [0, 0.1) is 13.8 Å². The van der Waals surface area contributed by atoms with E-state index in [1.54, 1.807) is 17.4 Å². The van der Waals surface area contributed by atoms with Crippen LogP contribution in [0.25, 0.3) is 0 Å². The van der Waals surface area contributed by atoms with E-state index >= 15 is 0 Å². The van der Waals surface area contributed by atoms with Crippen LogP contribution in [0.5, 0.6) is 0 Å². The van der Waals surface area contributed by atoms with E-state index in [0.29, 0.717) is 23.4 Å². The van der Waals surface area contributed by atoms with E-state index in [2.05, 4.69) is 22.8 Å². The lowest BCUT2D eigenvalue weighted by atomic mass is 10.0. The SMILES string of the molecule is Cc1ccccc1C(=O)Nc1ccc(C(=O)N2Cc3ccsc3Cc3ccccc32)c(C)c1. The molecule has 1 N–H and O–H groups in total. The molecule has 1 aromatic heterocycles. The van der Waals surface area contributed by atoms with Crippen molar-refractivity contribution in [1.29, 1.82) is 0 Å². The molecular weight excluding hydrogens is 428 g/mol. The van der Waals surface area contributed by atoms with Crippen LogP contribution in [-0.2, 0) is 13.0 Å². The molecule has 0 spiro atoms. The summed E-state index contributed by atoms with van der Waals surface area (Å²) in [7, 11) is 0. The van der Waals surface area contributed by atoms with Crippen LogP contribution in [-0.4, -0.2) is 11.8 Å². The van der Waals surface area contributed by atoms with E-state index in [0.717, 1.165) is 28.8 Å². The Morgan fingerprint density at radius 3 is 2.45 bits per heavy atom. The summed E-state index contributed by atoms with van der Waals surface area (Å²) in [6, 6.07) is 23.2.